The molecule has 0 unspecified atom stereocenters. The van der Waals surface area contributed by atoms with Crippen molar-refractivity contribution in [3.63, 3.8) is 0 Å². The summed E-state index contributed by atoms with van der Waals surface area (Å²) in [6.07, 6.45) is 0. The number of rotatable bonds is 4. The van der Waals surface area contributed by atoms with Gasteiger partial charge in [0, 0.05) is 11.6 Å². The van der Waals surface area contributed by atoms with E-state index in [9.17, 15) is 4.57 Å². The Morgan fingerprint density at radius 3 is 2.17 bits per heavy atom. The van der Waals surface area contributed by atoms with Gasteiger partial charge in [-0.05, 0) is 45.7 Å². The lowest BCUT2D eigenvalue weighted by Gasteiger charge is -2.45. The zero-order valence-corrected chi connectivity index (χ0v) is 21.0. The highest BCUT2D eigenvalue weighted by atomic mass is 35.5. The van der Waals surface area contributed by atoms with Gasteiger partial charge >= 0.3 is 7.52 Å². The first kappa shape index (κ1) is 22.4. The van der Waals surface area contributed by atoms with Crippen LogP contribution < -0.4 is 4.52 Å². The predicted molar refractivity (Wildman–Crippen MR) is 145 cm³/mol. The number of benzene rings is 5. The van der Waals surface area contributed by atoms with Crippen LogP contribution in [0.5, 0.6) is 5.75 Å². The first-order valence-electron chi connectivity index (χ1n) is 11.8. The van der Waals surface area contributed by atoms with Gasteiger partial charge < -0.3 is 4.52 Å². The largest absolute Gasteiger partial charge is 0.431 e. The standard InChI is InChI=1S/C30H25ClNO2P/c1-21(25-17-9-14-22-10-5-7-15-26(22)25)32-30(24-12-3-2-4-13-24)29-27-16-8-6-11-23(27)18-19-28(29)34-35(32,33)20-31/h2-19,21,30H,20H2,1H3/t21-,30-,35-/m0/s1. The molecule has 0 fully saturated rings. The molecule has 1 heterocycles. The van der Waals surface area contributed by atoms with Crippen molar-refractivity contribution in [3.8, 4) is 5.75 Å². The first-order chi connectivity index (χ1) is 17.1. The SMILES string of the molecule is C[C@@H](c1cccc2ccccc12)N1[C@@H](c2ccccc2)c2c(ccc3ccccc23)O[P@@]1(=O)CCl. The van der Waals surface area contributed by atoms with Crippen LogP contribution in [-0.4, -0.2) is 10.3 Å². The molecule has 0 radical (unpaired) electrons. The van der Waals surface area contributed by atoms with Crippen molar-refractivity contribution >= 4 is 40.7 Å². The van der Waals surface area contributed by atoms with E-state index in [0.717, 1.165) is 38.2 Å². The molecule has 0 N–H and O–H groups in total. The Bertz CT molecular complexity index is 1580. The van der Waals surface area contributed by atoms with Crippen LogP contribution in [0.15, 0.2) is 109 Å². The van der Waals surface area contributed by atoms with E-state index in [4.69, 9.17) is 16.1 Å². The molecule has 5 heteroatoms. The minimum Gasteiger partial charge on any atom is -0.431 e. The second kappa shape index (κ2) is 8.84. The van der Waals surface area contributed by atoms with Gasteiger partial charge in [0.1, 0.15) is 11.4 Å². The third-order valence-electron chi connectivity index (χ3n) is 7.00. The van der Waals surface area contributed by atoms with Crippen LogP contribution in [0, 0.1) is 0 Å². The quantitative estimate of drug-likeness (QED) is 0.183. The van der Waals surface area contributed by atoms with Crippen LogP contribution in [0.4, 0.5) is 0 Å². The fraction of sp³-hybridized carbons (Fsp3) is 0.133. The summed E-state index contributed by atoms with van der Waals surface area (Å²) in [4.78, 5) is 0. The van der Waals surface area contributed by atoms with Gasteiger partial charge in [0.2, 0.25) is 0 Å². The lowest BCUT2D eigenvalue weighted by molar-refractivity contribution is 0.244. The van der Waals surface area contributed by atoms with Gasteiger partial charge in [-0.2, -0.15) is 0 Å². The second-order valence-corrected chi connectivity index (χ2v) is 11.9. The Kier molecular flexibility index (Phi) is 5.65. The first-order valence-corrected chi connectivity index (χ1v) is 14.1. The van der Waals surface area contributed by atoms with Gasteiger partial charge in [-0.15, -0.1) is 11.6 Å². The van der Waals surface area contributed by atoms with Gasteiger partial charge in [0.15, 0.2) is 0 Å². The van der Waals surface area contributed by atoms with Crippen molar-refractivity contribution in [2.75, 3.05) is 5.62 Å². The molecular weight excluding hydrogens is 473 g/mol. The molecule has 0 saturated heterocycles. The summed E-state index contributed by atoms with van der Waals surface area (Å²) in [5, 5.41) is 4.50. The molecule has 5 aromatic carbocycles. The van der Waals surface area contributed by atoms with E-state index in [-0.39, 0.29) is 17.7 Å². The third kappa shape index (κ3) is 3.67. The molecule has 1 aliphatic rings. The average Bonchev–Trinajstić information content (AvgIpc) is 2.92. The summed E-state index contributed by atoms with van der Waals surface area (Å²) < 4.78 is 22.9. The molecule has 0 bridgehead atoms. The molecule has 5 aromatic rings. The Hall–Kier alpha value is -3.10. The molecule has 174 valence electrons. The monoisotopic (exact) mass is 497 g/mol. The number of alkyl halides is 1. The van der Waals surface area contributed by atoms with E-state index >= 15 is 0 Å². The second-order valence-electron chi connectivity index (χ2n) is 8.98. The molecule has 3 atom stereocenters. The Balaban J connectivity index is 1.65. The summed E-state index contributed by atoms with van der Waals surface area (Å²) in [5.74, 6) is 0.642. The van der Waals surface area contributed by atoms with E-state index in [0.29, 0.717) is 5.75 Å². The molecule has 0 aromatic heterocycles. The molecule has 0 saturated carbocycles. The van der Waals surface area contributed by atoms with E-state index in [1.807, 2.05) is 59.3 Å². The number of halogens is 1. The van der Waals surface area contributed by atoms with Gasteiger partial charge in [-0.3, -0.25) is 4.57 Å². The average molecular weight is 498 g/mol. The van der Waals surface area contributed by atoms with Crippen LogP contribution in [-0.2, 0) is 4.57 Å². The summed E-state index contributed by atoms with van der Waals surface area (Å²) in [6.45, 7) is 2.11. The topological polar surface area (TPSA) is 29.5 Å². The van der Waals surface area contributed by atoms with E-state index in [1.165, 1.54) is 0 Å². The number of hydrogen-bond donors (Lipinski definition) is 0. The maximum absolute atomic E-state index is 14.5. The number of hydrogen-bond acceptors (Lipinski definition) is 2. The summed E-state index contributed by atoms with van der Waals surface area (Å²) in [7, 11) is -3.44. The predicted octanol–water partition coefficient (Wildman–Crippen LogP) is 8.93. The van der Waals surface area contributed by atoms with Crippen LogP contribution >= 0.6 is 19.1 Å². The lowest BCUT2D eigenvalue weighted by atomic mass is 9.91. The molecule has 35 heavy (non-hydrogen) atoms. The maximum Gasteiger partial charge on any atom is 0.335 e. The van der Waals surface area contributed by atoms with E-state index < -0.39 is 7.52 Å². The van der Waals surface area contributed by atoms with Crippen LogP contribution in [0.1, 0.15) is 35.7 Å². The van der Waals surface area contributed by atoms with Crippen molar-refractivity contribution in [3.05, 3.63) is 126 Å². The Morgan fingerprint density at radius 1 is 0.800 bits per heavy atom. The van der Waals surface area contributed by atoms with Gasteiger partial charge in [0.25, 0.3) is 0 Å². The molecule has 6 rings (SSSR count). The van der Waals surface area contributed by atoms with Crippen molar-refractivity contribution in [1.82, 2.24) is 4.67 Å². The Labute approximate surface area is 210 Å². The summed E-state index contributed by atoms with van der Waals surface area (Å²) >= 11 is 6.47. The minimum absolute atomic E-state index is 0.0995. The maximum atomic E-state index is 14.5. The molecule has 1 aliphatic heterocycles. The van der Waals surface area contributed by atoms with E-state index in [1.54, 1.807) is 0 Å². The molecule has 0 amide bonds. The highest BCUT2D eigenvalue weighted by molar-refractivity contribution is 7.58. The highest BCUT2D eigenvalue weighted by Crippen LogP contribution is 2.66. The fourth-order valence-electron chi connectivity index (χ4n) is 5.43. The molecule has 0 spiro atoms. The summed E-state index contributed by atoms with van der Waals surface area (Å²) in [5.41, 5.74) is 3.09. The van der Waals surface area contributed by atoms with Crippen LogP contribution in [0.2, 0.25) is 0 Å². The highest BCUT2D eigenvalue weighted by Gasteiger charge is 2.48. The lowest BCUT2D eigenvalue weighted by Crippen LogP contribution is -2.35. The molecular formula is C30H25ClNO2P. The summed E-state index contributed by atoms with van der Waals surface area (Å²) in [6, 6.07) is 36.6. The minimum atomic E-state index is -3.44. The number of nitrogens with zero attached hydrogens (tertiary/aromatic N) is 1. The zero-order valence-electron chi connectivity index (χ0n) is 19.3. The van der Waals surface area contributed by atoms with Crippen LogP contribution in [0.3, 0.4) is 0 Å². The fourth-order valence-corrected chi connectivity index (χ4v) is 7.93. The van der Waals surface area contributed by atoms with Crippen molar-refractivity contribution in [2.24, 2.45) is 0 Å². The van der Waals surface area contributed by atoms with Crippen molar-refractivity contribution in [2.45, 2.75) is 19.0 Å². The van der Waals surface area contributed by atoms with Crippen molar-refractivity contribution in [1.29, 1.82) is 0 Å². The normalized spacial score (nSPS) is 20.9. The molecule has 0 aliphatic carbocycles. The third-order valence-corrected chi connectivity index (χ3v) is 9.97. The van der Waals surface area contributed by atoms with Gasteiger partial charge in [0.05, 0.1) is 6.04 Å². The number of fused-ring (bicyclic) bond motifs is 4. The van der Waals surface area contributed by atoms with Crippen molar-refractivity contribution < 1.29 is 9.09 Å². The Morgan fingerprint density at radius 2 is 1.43 bits per heavy atom. The van der Waals surface area contributed by atoms with E-state index in [2.05, 4.69) is 61.5 Å². The molecule has 3 nitrogen and oxygen atoms in total. The van der Waals surface area contributed by atoms with Crippen LogP contribution in [0.25, 0.3) is 21.5 Å². The van der Waals surface area contributed by atoms with Gasteiger partial charge in [-0.1, -0.05) is 103 Å². The smallest absolute Gasteiger partial charge is 0.335 e. The van der Waals surface area contributed by atoms with Gasteiger partial charge in [-0.25, -0.2) is 4.67 Å². The zero-order chi connectivity index (χ0) is 24.0.